The topological polar surface area (TPSA) is 111 Å². The van der Waals surface area contributed by atoms with E-state index in [1.807, 2.05) is 30.3 Å². The molecule has 0 unspecified atom stereocenters. The smallest absolute Gasteiger partial charge is 0.256 e. The average molecular weight is 375 g/mol. The first-order valence-corrected chi connectivity index (χ1v) is 8.52. The molecule has 9 heteroatoms. The first-order valence-electron chi connectivity index (χ1n) is 8.52. The third kappa shape index (κ3) is 3.51. The summed E-state index contributed by atoms with van der Waals surface area (Å²) in [6, 6.07) is 16.7. The Bertz CT molecular complexity index is 1060. The van der Waals surface area contributed by atoms with Gasteiger partial charge in [0.2, 0.25) is 0 Å². The van der Waals surface area contributed by atoms with E-state index >= 15 is 0 Å². The van der Waals surface area contributed by atoms with Crippen LogP contribution in [-0.2, 0) is 11.3 Å². The second kappa shape index (κ2) is 7.80. The number of carbonyl (C=O) groups excluding carboxylic acids is 1. The Balaban J connectivity index is 1.59. The van der Waals surface area contributed by atoms with Crippen molar-refractivity contribution < 1.29 is 9.53 Å². The summed E-state index contributed by atoms with van der Waals surface area (Å²) in [5.74, 6) is 0.184. The molecule has 140 valence electrons. The molecule has 28 heavy (non-hydrogen) atoms. The quantitative estimate of drug-likeness (QED) is 0.536. The van der Waals surface area contributed by atoms with Crippen molar-refractivity contribution in [2.75, 3.05) is 12.4 Å². The van der Waals surface area contributed by atoms with Gasteiger partial charge in [-0.15, -0.1) is 5.10 Å². The molecule has 2 aromatic heterocycles. The molecule has 0 saturated heterocycles. The highest BCUT2D eigenvalue weighted by Crippen LogP contribution is 2.30. The molecule has 0 aliphatic heterocycles. The second-order valence-electron chi connectivity index (χ2n) is 5.98. The number of ether oxygens (including phenoxy) is 1. The molecular formula is C19H17N7O2. The van der Waals surface area contributed by atoms with E-state index in [0.717, 1.165) is 22.5 Å². The number of aromatic amines is 1. The van der Waals surface area contributed by atoms with E-state index in [0.29, 0.717) is 18.0 Å². The first-order chi connectivity index (χ1) is 13.8. The van der Waals surface area contributed by atoms with E-state index in [-0.39, 0.29) is 5.91 Å². The van der Waals surface area contributed by atoms with Gasteiger partial charge in [-0.2, -0.15) is 5.10 Å². The summed E-state index contributed by atoms with van der Waals surface area (Å²) in [4.78, 5) is 12.7. The normalized spacial score (nSPS) is 10.8. The van der Waals surface area contributed by atoms with Crippen molar-refractivity contribution in [1.29, 1.82) is 0 Å². The van der Waals surface area contributed by atoms with Gasteiger partial charge in [0.1, 0.15) is 6.33 Å². The lowest BCUT2D eigenvalue weighted by Gasteiger charge is -2.08. The van der Waals surface area contributed by atoms with E-state index in [1.54, 1.807) is 31.4 Å². The number of anilines is 1. The number of nitrogens with zero attached hydrogens (tertiary/aromatic N) is 5. The summed E-state index contributed by atoms with van der Waals surface area (Å²) in [5, 5.41) is 21.1. The highest BCUT2D eigenvalue weighted by atomic mass is 16.5. The van der Waals surface area contributed by atoms with Gasteiger partial charge in [-0.3, -0.25) is 9.89 Å². The lowest BCUT2D eigenvalue weighted by atomic mass is 10.1. The standard InChI is InChI=1S/C19H17N7O2/c1-28-11-16-17(13-5-3-2-4-6-13)18(23-22-16)21-19(27)14-7-9-15(10-8-14)26-12-20-24-25-26/h2-10,12H,11H2,1H3,(H2,21,22,23,27). The molecule has 2 heterocycles. The van der Waals surface area contributed by atoms with Crippen LogP contribution in [0.25, 0.3) is 16.8 Å². The van der Waals surface area contributed by atoms with E-state index in [2.05, 4.69) is 31.0 Å². The fraction of sp³-hybridized carbons (Fsp3) is 0.105. The van der Waals surface area contributed by atoms with Crippen LogP contribution in [0, 0.1) is 0 Å². The van der Waals surface area contributed by atoms with Gasteiger partial charge in [0.15, 0.2) is 5.82 Å². The number of hydrogen-bond donors (Lipinski definition) is 2. The minimum absolute atomic E-state index is 0.268. The molecule has 2 aromatic carbocycles. The third-order valence-corrected chi connectivity index (χ3v) is 4.17. The van der Waals surface area contributed by atoms with Gasteiger partial charge in [-0.05, 0) is 40.3 Å². The van der Waals surface area contributed by atoms with Crippen molar-refractivity contribution in [2.45, 2.75) is 6.61 Å². The Labute approximate surface area is 160 Å². The van der Waals surface area contributed by atoms with Crippen LogP contribution in [0.15, 0.2) is 60.9 Å². The zero-order valence-electron chi connectivity index (χ0n) is 15.0. The van der Waals surface area contributed by atoms with E-state index in [9.17, 15) is 4.79 Å². The fourth-order valence-electron chi connectivity index (χ4n) is 2.86. The van der Waals surface area contributed by atoms with Crippen LogP contribution in [0.2, 0.25) is 0 Å². The molecule has 0 saturated carbocycles. The molecule has 4 rings (SSSR count). The number of nitrogens with one attached hydrogen (secondary N) is 2. The molecule has 2 N–H and O–H groups in total. The Morgan fingerprint density at radius 2 is 1.93 bits per heavy atom. The Morgan fingerprint density at radius 1 is 1.14 bits per heavy atom. The number of methoxy groups -OCH3 is 1. The maximum atomic E-state index is 12.7. The van der Waals surface area contributed by atoms with Crippen molar-refractivity contribution >= 4 is 11.7 Å². The molecule has 0 bridgehead atoms. The zero-order valence-corrected chi connectivity index (χ0v) is 15.0. The number of tetrazole rings is 1. The Hall–Kier alpha value is -3.85. The van der Waals surface area contributed by atoms with Crippen molar-refractivity contribution in [2.24, 2.45) is 0 Å². The summed E-state index contributed by atoms with van der Waals surface area (Å²) in [6.07, 6.45) is 1.49. The predicted molar refractivity (Wildman–Crippen MR) is 102 cm³/mol. The van der Waals surface area contributed by atoms with Crippen LogP contribution in [0.5, 0.6) is 0 Å². The van der Waals surface area contributed by atoms with Crippen LogP contribution in [0.1, 0.15) is 16.1 Å². The number of carbonyl (C=O) groups is 1. The van der Waals surface area contributed by atoms with Crippen LogP contribution in [0.3, 0.4) is 0 Å². The van der Waals surface area contributed by atoms with Gasteiger partial charge in [-0.1, -0.05) is 30.3 Å². The van der Waals surface area contributed by atoms with Gasteiger partial charge >= 0.3 is 0 Å². The summed E-state index contributed by atoms with van der Waals surface area (Å²) >= 11 is 0. The van der Waals surface area contributed by atoms with Gasteiger partial charge in [0, 0.05) is 18.2 Å². The summed E-state index contributed by atoms with van der Waals surface area (Å²) in [6.45, 7) is 0.355. The van der Waals surface area contributed by atoms with Gasteiger partial charge in [-0.25, -0.2) is 4.68 Å². The maximum Gasteiger partial charge on any atom is 0.256 e. The Morgan fingerprint density at radius 3 is 2.61 bits per heavy atom. The number of amides is 1. The lowest BCUT2D eigenvalue weighted by Crippen LogP contribution is -2.13. The third-order valence-electron chi connectivity index (χ3n) is 4.17. The summed E-state index contributed by atoms with van der Waals surface area (Å²) in [5.41, 5.74) is 3.78. The van der Waals surface area contributed by atoms with E-state index < -0.39 is 0 Å². The number of rotatable bonds is 6. The Kier molecular flexibility index (Phi) is 4.89. The van der Waals surface area contributed by atoms with Crippen LogP contribution in [0.4, 0.5) is 5.82 Å². The maximum absolute atomic E-state index is 12.7. The number of hydrogen-bond acceptors (Lipinski definition) is 6. The molecule has 0 fully saturated rings. The van der Waals surface area contributed by atoms with E-state index in [4.69, 9.17) is 4.74 Å². The first kappa shape index (κ1) is 17.6. The molecule has 9 nitrogen and oxygen atoms in total. The highest BCUT2D eigenvalue weighted by molar-refractivity contribution is 6.05. The van der Waals surface area contributed by atoms with Gasteiger partial charge < -0.3 is 10.1 Å². The van der Waals surface area contributed by atoms with Crippen molar-refractivity contribution in [3.63, 3.8) is 0 Å². The van der Waals surface area contributed by atoms with Crippen molar-refractivity contribution in [3.8, 4) is 16.8 Å². The molecule has 0 aliphatic rings. The zero-order chi connectivity index (χ0) is 19.3. The van der Waals surface area contributed by atoms with Crippen LogP contribution < -0.4 is 5.32 Å². The van der Waals surface area contributed by atoms with E-state index in [1.165, 1.54) is 11.0 Å². The minimum atomic E-state index is -0.268. The molecule has 0 radical (unpaired) electrons. The molecule has 1 amide bonds. The van der Waals surface area contributed by atoms with Gasteiger partial charge in [0.25, 0.3) is 5.91 Å². The number of benzene rings is 2. The van der Waals surface area contributed by atoms with Crippen LogP contribution in [-0.4, -0.2) is 43.4 Å². The number of aromatic nitrogens is 6. The molecular weight excluding hydrogens is 358 g/mol. The van der Waals surface area contributed by atoms with Crippen molar-refractivity contribution in [3.05, 3.63) is 72.2 Å². The molecule has 0 atom stereocenters. The summed E-state index contributed by atoms with van der Waals surface area (Å²) < 4.78 is 6.75. The molecule has 4 aromatic rings. The fourth-order valence-corrected chi connectivity index (χ4v) is 2.86. The van der Waals surface area contributed by atoms with Crippen molar-refractivity contribution in [1.82, 2.24) is 30.4 Å². The average Bonchev–Trinajstić information content (AvgIpc) is 3.40. The predicted octanol–water partition coefficient (Wildman–Crippen LogP) is 2.45. The lowest BCUT2D eigenvalue weighted by molar-refractivity contribution is 0.102. The number of H-pyrrole nitrogens is 1. The highest BCUT2D eigenvalue weighted by Gasteiger charge is 2.18. The minimum Gasteiger partial charge on any atom is -0.378 e. The SMILES string of the molecule is COCc1[nH]nc(NC(=O)c2ccc(-n3cnnn3)cc2)c1-c1ccccc1. The monoisotopic (exact) mass is 375 g/mol. The second-order valence-corrected chi connectivity index (χ2v) is 5.98. The largest absolute Gasteiger partial charge is 0.378 e. The van der Waals surface area contributed by atoms with Crippen LogP contribution >= 0.6 is 0 Å². The molecule has 0 aliphatic carbocycles. The van der Waals surface area contributed by atoms with Gasteiger partial charge in [0.05, 0.1) is 18.0 Å². The summed E-state index contributed by atoms with van der Waals surface area (Å²) in [7, 11) is 1.61. The molecule has 0 spiro atoms.